The molecule has 1 aliphatic heterocycles. The van der Waals surface area contributed by atoms with Crippen molar-refractivity contribution in [2.75, 3.05) is 39.8 Å². The third kappa shape index (κ3) is 4.16. The van der Waals surface area contributed by atoms with E-state index in [9.17, 15) is 4.79 Å². The number of carbonyl (C=O) groups excluding carboxylic acids is 1. The topological polar surface area (TPSA) is 35.6 Å². The summed E-state index contributed by atoms with van der Waals surface area (Å²) >= 11 is 7.82. The van der Waals surface area contributed by atoms with Crippen LogP contribution in [0.3, 0.4) is 0 Å². The average molecular weight is 364 g/mol. The molecule has 2 heterocycles. The Morgan fingerprint density at radius 1 is 1.25 bits per heavy atom. The predicted molar refractivity (Wildman–Crippen MR) is 99.9 cm³/mol. The van der Waals surface area contributed by atoms with Gasteiger partial charge in [-0.2, -0.15) is 11.3 Å². The van der Waals surface area contributed by atoms with E-state index in [-0.39, 0.29) is 11.9 Å². The van der Waals surface area contributed by atoms with Crippen LogP contribution in [0.15, 0.2) is 41.1 Å². The van der Waals surface area contributed by atoms with Crippen LogP contribution in [0.25, 0.3) is 0 Å². The monoisotopic (exact) mass is 363 g/mol. The molecule has 2 aromatic rings. The third-order valence-corrected chi connectivity index (χ3v) is 5.51. The van der Waals surface area contributed by atoms with Crippen molar-refractivity contribution in [3.63, 3.8) is 0 Å². The van der Waals surface area contributed by atoms with Gasteiger partial charge in [-0.25, -0.2) is 0 Å². The van der Waals surface area contributed by atoms with Crippen LogP contribution in [0.1, 0.15) is 22.0 Å². The van der Waals surface area contributed by atoms with Gasteiger partial charge < -0.3 is 10.2 Å². The van der Waals surface area contributed by atoms with Gasteiger partial charge >= 0.3 is 0 Å². The quantitative estimate of drug-likeness (QED) is 0.886. The van der Waals surface area contributed by atoms with E-state index in [4.69, 9.17) is 11.6 Å². The zero-order chi connectivity index (χ0) is 16.9. The Labute approximate surface area is 152 Å². The number of hydrogen-bond donors (Lipinski definition) is 1. The SMILES string of the molecule is CN1CCN([C@H](CNC(=O)c2ccccc2Cl)c2ccsc2)CC1. The van der Waals surface area contributed by atoms with Gasteiger partial charge in [-0.1, -0.05) is 23.7 Å². The molecule has 24 heavy (non-hydrogen) atoms. The summed E-state index contributed by atoms with van der Waals surface area (Å²) in [6, 6.07) is 9.52. The zero-order valence-electron chi connectivity index (χ0n) is 13.7. The lowest BCUT2D eigenvalue weighted by Crippen LogP contribution is -2.48. The molecule has 0 aliphatic carbocycles. The summed E-state index contributed by atoms with van der Waals surface area (Å²) in [6.45, 7) is 4.72. The highest BCUT2D eigenvalue weighted by Crippen LogP contribution is 2.24. The van der Waals surface area contributed by atoms with Gasteiger partial charge in [0, 0.05) is 32.7 Å². The summed E-state index contributed by atoms with van der Waals surface area (Å²) in [5.41, 5.74) is 1.80. The van der Waals surface area contributed by atoms with E-state index in [2.05, 4.69) is 39.0 Å². The van der Waals surface area contributed by atoms with Gasteiger partial charge in [-0.15, -0.1) is 0 Å². The fraction of sp³-hybridized carbons (Fsp3) is 0.389. The molecule has 0 saturated carbocycles. The van der Waals surface area contributed by atoms with Crippen LogP contribution in [0.4, 0.5) is 0 Å². The van der Waals surface area contributed by atoms with E-state index in [0.717, 1.165) is 26.2 Å². The molecule has 1 aliphatic rings. The molecular weight excluding hydrogens is 342 g/mol. The second-order valence-electron chi connectivity index (χ2n) is 6.10. The largest absolute Gasteiger partial charge is 0.350 e. The molecule has 6 heteroatoms. The first-order chi connectivity index (χ1) is 11.6. The summed E-state index contributed by atoms with van der Waals surface area (Å²) in [5, 5.41) is 7.81. The van der Waals surface area contributed by atoms with Gasteiger partial charge in [-0.3, -0.25) is 9.69 Å². The molecule has 1 N–H and O–H groups in total. The number of halogens is 1. The number of nitrogens with zero attached hydrogens (tertiary/aromatic N) is 2. The van der Waals surface area contributed by atoms with E-state index >= 15 is 0 Å². The highest BCUT2D eigenvalue weighted by Gasteiger charge is 2.25. The molecule has 4 nitrogen and oxygen atoms in total. The molecule has 1 saturated heterocycles. The number of hydrogen-bond acceptors (Lipinski definition) is 4. The Hall–Kier alpha value is -1.40. The van der Waals surface area contributed by atoms with Crippen molar-refractivity contribution < 1.29 is 4.79 Å². The van der Waals surface area contributed by atoms with E-state index in [0.29, 0.717) is 17.1 Å². The van der Waals surface area contributed by atoms with Crippen molar-refractivity contribution in [3.8, 4) is 0 Å². The number of amides is 1. The maximum atomic E-state index is 12.5. The first kappa shape index (κ1) is 17.4. The first-order valence-corrected chi connectivity index (χ1v) is 9.44. The van der Waals surface area contributed by atoms with Crippen molar-refractivity contribution in [2.24, 2.45) is 0 Å². The second-order valence-corrected chi connectivity index (χ2v) is 7.29. The number of nitrogens with one attached hydrogen (secondary N) is 1. The van der Waals surface area contributed by atoms with Crippen LogP contribution in [0.5, 0.6) is 0 Å². The Balaban J connectivity index is 1.68. The summed E-state index contributed by atoms with van der Waals surface area (Å²) in [6.07, 6.45) is 0. The van der Waals surface area contributed by atoms with Crippen LogP contribution in [0, 0.1) is 0 Å². The third-order valence-electron chi connectivity index (χ3n) is 4.48. The normalized spacial score (nSPS) is 17.6. The molecule has 0 unspecified atom stereocenters. The van der Waals surface area contributed by atoms with Gasteiger partial charge in [0.05, 0.1) is 16.6 Å². The van der Waals surface area contributed by atoms with E-state index in [1.165, 1.54) is 5.56 Å². The Morgan fingerprint density at radius 3 is 2.67 bits per heavy atom. The lowest BCUT2D eigenvalue weighted by atomic mass is 10.1. The van der Waals surface area contributed by atoms with Crippen molar-refractivity contribution in [1.29, 1.82) is 0 Å². The second kappa shape index (κ2) is 8.12. The molecule has 1 atom stereocenters. The maximum absolute atomic E-state index is 12.5. The Kier molecular flexibility index (Phi) is 5.89. The van der Waals surface area contributed by atoms with Crippen LogP contribution in [-0.4, -0.2) is 55.5 Å². The van der Waals surface area contributed by atoms with Gasteiger partial charge in [0.15, 0.2) is 0 Å². The lowest BCUT2D eigenvalue weighted by Gasteiger charge is -2.38. The molecular formula is C18H22ClN3OS. The van der Waals surface area contributed by atoms with Crippen LogP contribution in [0.2, 0.25) is 5.02 Å². The minimum absolute atomic E-state index is 0.116. The summed E-state index contributed by atoms with van der Waals surface area (Å²) in [7, 11) is 2.15. The maximum Gasteiger partial charge on any atom is 0.252 e. The van der Waals surface area contributed by atoms with Gasteiger partial charge in [-0.05, 0) is 41.6 Å². The number of piperazine rings is 1. The molecule has 3 rings (SSSR count). The number of benzene rings is 1. The highest BCUT2D eigenvalue weighted by molar-refractivity contribution is 7.07. The molecule has 0 radical (unpaired) electrons. The van der Waals surface area contributed by atoms with Crippen LogP contribution >= 0.6 is 22.9 Å². The minimum atomic E-state index is -0.116. The molecule has 0 spiro atoms. The number of carbonyl (C=O) groups is 1. The first-order valence-electron chi connectivity index (χ1n) is 8.12. The van der Waals surface area contributed by atoms with E-state index in [1.54, 1.807) is 23.5 Å². The van der Waals surface area contributed by atoms with E-state index in [1.807, 2.05) is 12.1 Å². The standard InChI is InChI=1S/C18H22ClN3OS/c1-21-7-9-22(10-8-21)17(14-6-11-24-13-14)12-20-18(23)15-4-2-3-5-16(15)19/h2-6,11,13,17H,7-10,12H2,1H3,(H,20,23)/t17-/m1/s1. The number of likely N-dealkylation sites (N-methyl/N-ethyl adjacent to an activating group) is 1. The van der Waals surface area contributed by atoms with Gasteiger partial charge in [0.2, 0.25) is 0 Å². The summed E-state index contributed by atoms with van der Waals surface area (Å²) < 4.78 is 0. The zero-order valence-corrected chi connectivity index (χ0v) is 15.3. The van der Waals surface area contributed by atoms with E-state index < -0.39 is 0 Å². The fourth-order valence-corrected chi connectivity index (χ4v) is 3.91. The van der Waals surface area contributed by atoms with Crippen molar-refractivity contribution >= 4 is 28.8 Å². The molecule has 0 bridgehead atoms. The van der Waals surface area contributed by atoms with Gasteiger partial charge in [0.1, 0.15) is 0 Å². The summed E-state index contributed by atoms with van der Waals surface area (Å²) in [5.74, 6) is -0.116. The molecule has 1 aromatic heterocycles. The number of rotatable bonds is 5. The van der Waals surface area contributed by atoms with Crippen molar-refractivity contribution in [1.82, 2.24) is 15.1 Å². The lowest BCUT2D eigenvalue weighted by molar-refractivity contribution is 0.0887. The minimum Gasteiger partial charge on any atom is -0.350 e. The molecule has 1 amide bonds. The van der Waals surface area contributed by atoms with Crippen molar-refractivity contribution in [3.05, 3.63) is 57.2 Å². The van der Waals surface area contributed by atoms with Gasteiger partial charge in [0.25, 0.3) is 5.91 Å². The Bertz CT molecular complexity index is 669. The number of thiophene rings is 1. The highest BCUT2D eigenvalue weighted by atomic mass is 35.5. The molecule has 1 aromatic carbocycles. The van der Waals surface area contributed by atoms with Crippen molar-refractivity contribution in [2.45, 2.75) is 6.04 Å². The Morgan fingerprint density at radius 2 is 2.00 bits per heavy atom. The average Bonchev–Trinajstić information content (AvgIpc) is 3.11. The smallest absolute Gasteiger partial charge is 0.252 e. The fourth-order valence-electron chi connectivity index (χ4n) is 2.99. The molecule has 128 valence electrons. The summed E-state index contributed by atoms with van der Waals surface area (Å²) in [4.78, 5) is 17.2. The van der Waals surface area contributed by atoms with Crippen LogP contribution in [-0.2, 0) is 0 Å². The molecule has 1 fully saturated rings. The predicted octanol–water partition coefficient (Wildman–Crippen LogP) is 3.12. The van der Waals surface area contributed by atoms with Crippen LogP contribution < -0.4 is 5.32 Å².